The molecule has 0 bridgehead atoms. The van der Waals surface area contributed by atoms with E-state index in [1.807, 2.05) is 13.8 Å². The number of nitrogens with two attached hydrogens (primary N) is 2. The van der Waals surface area contributed by atoms with Gasteiger partial charge in [0.2, 0.25) is 4.34 Å². The number of hydrogen-bond acceptors (Lipinski definition) is 5. The summed E-state index contributed by atoms with van der Waals surface area (Å²) in [6, 6.07) is -0.810. The van der Waals surface area contributed by atoms with Crippen molar-refractivity contribution in [2.45, 2.75) is 30.6 Å². The van der Waals surface area contributed by atoms with Crippen LogP contribution in [0.1, 0.15) is 20.3 Å². The van der Waals surface area contributed by atoms with Crippen molar-refractivity contribution in [3.05, 3.63) is 10.5 Å². The molecule has 0 aliphatic rings. The average Bonchev–Trinajstić information content (AvgIpc) is 2.74. The van der Waals surface area contributed by atoms with E-state index in [0.717, 1.165) is 17.8 Å². The third kappa shape index (κ3) is 3.72. The number of carbonyl (C=O) groups excluding carboxylic acids is 1. The van der Waals surface area contributed by atoms with Crippen LogP contribution in [0.2, 0.25) is 5.15 Å². The van der Waals surface area contributed by atoms with E-state index in [1.54, 1.807) is 0 Å². The molecule has 1 rings (SSSR count). The first kappa shape index (κ1) is 15.5. The summed E-state index contributed by atoms with van der Waals surface area (Å²) in [5, 5.41) is 7.14. The van der Waals surface area contributed by atoms with Gasteiger partial charge < -0.3 is 5.73 Å². The number of hydrogen-bond donors (Lipinski definition) is 2. The zero-order valence-corrected chi connectivity index (χ0v) is 12.4. The van der Waals surface area contributed by atoms with Crippen LogP contribution in [-0.4, -0.2) is 21.1 Å². The molecule has 1 amide bonds. The van der Waals surface area contributed by atoms with Crippen LogP contribution in [0, 0.1) is 5.92 Å². The normalized spacial score (nSPS) is 17.8. The summed E-state index contributed by atoms with van der Waals surface area (Å²) < 4.78 is 15.6. The molecule has 3 atom stereocenters. The highest BCUT2D eigenvalue weighted by Crippen LogP contribution is 2.19. The molecule has 0 saturated heterocycles. The lowest BCUT2D eigenvalue weighted by atomic mass is 10.00. The zero-order chi connectivity index (χ0) is 13.9. The van der Waals surface area contributed by atoms with Crippen molar-refractivity contribution in [2.75, 3.05) is 0 Å². The first-order chi connectivity index (χ1) is 8.27. The van der Waals surface area contributed by atoms with Gasteiger partial charge >= 0.3 is 0 Å². The van der Waals surface area contributed by atoms with Crippen LogP contribution in [0.3, 0.4) is 0 Å². The third-order valence-electron chi connectivity index (χ3n) is 2.47. The van der Waals surface area contributed by atoms with Gasteiger partial charge in [0.05, 0.1) is 6.04 Å². The van der Waals surface area contributed by atoms with Gasteiger partial charge in [-0.1, -0.05) is 31.9 Å². The molecule has 0 radical (unpaired) electrons. The highest BCUT2D eigenvalue weighted by Gasteiger charge is 2.22. The van der Waals surface area contributed by atoms with Gasteiger partial charge in [-0.2, -0.15) is 0 Å². The van der Waals surface area contributed by atoms with Gasteiger partial charge in [-0.15, -0.1) is 15.7 Å². The highest BCUT2D eigenvalue weighted by molar-refractivity contribution is 7.93. The molecule has 1 aromatic rings. The van der Waals surface area contributed by atoms with Gasteiger partial charge in [0.1, 0.15) is 5.15 Å². The number of rotatable bonds is 4. The minimum absolute atomic E-state index is 0.0252. The summed E-state index contributed by atoms with van der Waals surface area (Å²) in [7, 11) is -3.36. The van der Waals surface area contributed by atoms with Gasteiger partial charge in [0, 0.05) is 5.38 Å². The Bertz CT molecular complexity index is 551. The maximum atomic E-state index is 12.1. The van der Waals surface area contributed by atoms with Crippen LogP contribution in [0.25, 0.3) is 0 Å². The molecule has 102 valence electrons. The van der Waals surface area contributed by atoms with Gasteiger partial charge in [-0.05, 0) is 5.92 Å². The van der Waals surface area contributed by atoms with Crippen LogP contribution in [0.4, 0.5) is 0 Å². The summed E-state index contributed by atoms with van der Waals surface area (Å²) in [5.41, 5.74) is 5.69. The standard InChI is InChI=1S/C9H15ClN4O2S2/c1-3-5(2)7(11)8(15)14-18(12,16)9-13-6(10)4-17-9/h4-5,7H,3,11H2,1-2H3,(H2,12,14,15,16)/t5-,7-,18?/m0/s1. The van der Waals surface area contributed by atoms with E-state index < -0.39 is 21.9 Å². The van der Waals surface area contributed by atoms with Crippen LogP contribution in [0.5, 0.6) is 0 Å². The van der Waals surface area contributed by atoms with Crippen molar-refractivity contribution in [1.29, 1.82) is 0 Å². The minimum atomic E-state index is -3.36. The maximum Gasteiger partial charge on any atom is 0.272 e. The molecule has 0 aliphatic carbocycles. The number of aromatic nitrogens is 1. The predicted octanol–water partition coefficient (Wildman–Crippen LogP) is 1.40. The molecule has 9 heteroatoms. The lowest BCUT2D eigenvalue weighted by molar-refractivity contribution is -0.119. The van der Waals surface area contributed by atoms with Crippen molar-refractivity contribution < 1.29 is 9.00 Å². The maximum absolute atomic E-state index is 12.1. The van der Waals surface area contributed by atoms with Crippen molar-refractivity contribution in [2.24, 2.45) is 21.2 Å². The van der Waals surface area contributed by atoms with E-state index in [9.17, 15) is 9.00 Å². The third-order valence-corrected chi connectivity index (χ3v) is 5.48. The molecule has 0 spiro atoms. The molecule has 0 fully saturated rings. The molecule has 18 heavy (non-hydrogen) atoms. The SMILES string of the molecule is CC[C@H](C)[C@H](N)C(=O)N=S(N)(=O)c1nc(Cl)cs1. The lowest BCUT2D eigenvalue weighted by Crippen LogP contribution is -2.36. The predicted molar refractivity (Wildman–Crippen MR) is 72.6 cm³/mol. The second kappa shape index (κ2) is 6.07. The number of halogens is 1. The molecule has 4 N–H and O–H groups in total. The van der Waals surface area contributed by atoms with Crippen LogP contribution in [-0.2, 0) is 14.7 Å². The number of amides is 1. The summed E-state index contributed by atoms with van der Waals surface area (Å²) in [6.45, 7) is 3.72. The second-order valence-corrected chi connectivity index (χ2v) is 7.06. The Kier molecular flexibility index (Phi) is 5.23. The van der Waals surface area contributed by atoms with Gasteiger partial charge in [0.25, 0.3) is 5.91 Å². The highest BCUT2D eigenvalue weighted by atomic mass is 35.5. The quantitative estimate of drug-likeness (QED) is 0.875. The Morgan fingerprint density at radius 3 is 2.78 bits per heavy atom. The molecule has 0 aromatic carbocycles. The lowest BCUT2D eigenvalue weighted by Gasteiger charge is -2.14. The topological polar surface area (TPSA) is 111 Å². The Morgan fingerprint density at radius 2 is 2.33 bits per heavy atom. The Balaban J connectivity index is 3.02. The first-order valence-corrected chi connectivity index (χ1v) is 8.07. The van der Waals surface area contributed by atoms with E-state index in [2.05, 4.69) is 9.35 Å². The fourth-order valence-electron chi connectivity index (χ4n) is 1.10. The number of thiazole rings is 1. The smallest absolute Gasteiger partial charge is 0.272 e. The number of nitrogens with zero attached hydrogens (tertiary/aromatic N) is 2. The molecular weight excluding hydrogens is 296 g/mol. The van der Waals surface area contributed by atoms with Crippen molar-refractivity contribution in [3.63, 3.8) is 0 Å². The molecule has 1 heterocycles. The minimum Gasteiger partial charge on any atom is -0.320 e. The molecule has 0 saturated carbocycles. The van der Waals surface area contributed by atoms with E-state index in [4.69, 9.17) is 22.5 Å². The van der Waals surface area contributed by atoms with Gasteiger partial charge in [-0.3, -0.25) is 4.79 Å². The molecule has 1 aromatic heterocycles. The second-order valence-electron chi connectivity index (χ2n) is 3.85. The van der Waals surface area contributed by atoms with E-state index in [1.165, 1.54) is 5.38 Å². The van der Waals surface area contributed by atoms with Crippen molar-refractivity contribution in [3.8, 4) is 0 Å². The van der Waals surface area contributed by atoms with Crippen LogP contribution < -0.4 is 10.9 Å². The molecule has 0 aliphatic heterocycles. The zero-order valence-electron chi connectivity index (χ0n) is 10.00. The molecule has 6 nitrogen and oxygen atoms in total. The summed E-state index contributed by atoms with van der Waals surface area (Å²) >= 11 is 6.60. The number of carbonyl (C=O) groups is 1. The van der Waals surface area contributed by atoms with Crippen LogP contribution in [0.15, 0.2) is 14.1 Å². The van der Waals surface area contributed by atoms with E-state index in [0.29, 0.717) is 0 Å². The van der Waals surface area contributed by atoms with E-state index in [-0.39, 0.29) is 15.4 Å². The average molecular weight is 311 g/mol. The fraction of sp³-hybridized carbons (Fsp3) is 0.556. The van der Waals surface area contributed by atoms with E-state index >= 15 is 0 Å². The van der Waals surface area contributed by atoms with Gasteiger partial charge in [-0.25, -0.2) is 14.3 Å². The summed E-state index contributed by atoms with van der Waals surface area (Å²) in [5.74, 6) is -0.737. The first-order valence-electron chi connectivity index (χ1n) is 5.23. The largest absolute Gasteiger partial charge is 0.320 e. The van der Waals surface area contributed by atoms with Crippen molar-refractivity contribution in [1.82, 2.24) is 4.98 Å². The fourth-order valence-corrected chi connectivity index (χ4v) is 3.33. The summed E-state index contributed by atoms with van der Waals surface area (Å²) in [6.07, 6.45) is 0.720. The summed E-state index contributed by atoms with van der Waals surface area (Å²) in [4.78, 5) is 15.5. The Labute approximate surface area is 115 Å². The van der Waals surface area contributed by atoms with Crippen molar-refractivity contribution >= 4 is 38.8 Å². The molecular formula is C9H15ClN4O2S2. The van der Waals surface area contributed by atoms with Crippen LogP contribution >= 0.6 is 22.9 Å². The monoisotopic (exact) mass is 310 g/mol. The molecule has 1 unspecified atom stereocenters. The Morgan fingerprint density at radius 1 is 1.72 bits per heavy atom. The Hall–Kier alpha value is -0.540. The van der Waals surface area contributed by atoms with Gasteiger partial charge in [0.15, 0.2) is 9.92 Å².